The molecule has 3 fully saturated rings. The van der Waals surface area contributed by atoms with E-state index in [1.807, 2.05) is 37.3 Å². The Morgan fingerprint density at radius 3 is 2.68 bits per heavy atom. The van der Waals surface area contributed by atoms with Gasteiger partial charge in [-0.3, -0.25) is 14.7 Å². The first-order chi connectivity index (χ1) is 18.5. The van der Waals surface area contributed by atoms with Crippen LogP contribution in [0.1, 0.15) is 31.4 Å². The predicted octanol–water partition coefficient (Wildman–Crippen LogP) is 2.09. The molecule has 2 amide bonds. The van der Waals surface area contributed by atoms with Gasteiger partial charge in [-0.05, 0) is 19.3 Å². The van der Waals surface area contributed by atoms with Crippen LogP contribution in [0, 0.1) is 11.8 Å². The molecule has 3 aliphatic rings. The summed E-state index contributed by atoms with van der Waals surface area (Å²) in [5.41, 5.74) is 1.76. The fourth-order valence-electron chi connectivity index (χ4n) is 4.97. The van der Waals surface area contributed by atoms with Gasteiger partial charge in [0.05, 0.1) is 25.5 Å². The van der Waals surface area contributed by atoms with E-state index < -0.39 is 42.8 Å². The van der Waals surface area contributed by atoms with Gasteiger partial charge in [-0.25, -0.2) is 19.7 Å². The summed E-state index contributed by atoms with van der Waals surface area (Å²) in [6.07, 6.45) is 0.940. The van der Waals surface area contributed by atoms with Crippen LogP contribution in [0.15, 0.2) is 43.0 Å². The maximum Gasteiger partial charge on any atom is 0.320 e. The van der Waals surface area contributed by atoms with Gasteiger partial charge < -0.3 is 29.4 Å². The van der Waals surface area contributed by atoms with Crippen molar-refractivity contribution in [2.75, 3.05) is 25.1 Å². The van der Waals surface area contributed by atoms with Crippen LogP contribution in [0.25, 0.3) is 11.2 Å². The van der Waals surface area contributed by atoms with E-state index in [1.54, 1.807) is 10.9 Å². The average molecular weight is 525 g/mol. The van der Waals surface area contributed by atoms with Crippen molar-refractivity contribution >= 4 is 29.0 Å². The van der Waals surface area contributed by atoms with E-state index in [-0.39, 0.29) is 24.3 Å². The molecule has 1 saturated carbocycles. The van der Waals surface area contributed by atoms with Gasteiger partial charge in [0, 0.05) is 12.1 Å². The lowest BCUT2D eigenvalue weighted by Crippen LogP contribution is -2.32. The van der Waals surface area contributed by atoms with E-state index in [0.717, 1.165) is 5.56 Å². The molecule has 7 atom stereocenters. The normalized spacial score (nSPS) is 29.8. The van der Waals surface area contributed by atoms with Crippen LogP contribution in [0.2, 0.25) is 0 Å². The summed E-state index contributed by atoms with van der Waals surface area (Å²) >= 11 is 0. The Hall–Kier alpha value is -3.65. The van der Waals surface area contributed by atoms with E-state index >= 15 is 0 Å². The highest BCUT2D eigenvalue weighted by Crippen LogP contribution is 2.45. The lowest BCUT2D eigenvalue weighted by Gasteiger charge is -2.21. The summed E-state index contributed by atoms with van der Waals surface area (Å²) in [5.74, 6) is -0.836. The fraction of sp³-hybridized carbons (Fsp3) is 0.480. The maximum atomic E-state index is 12.1. The van der Waals surface area contributed by atoms with Crippen LogP contribution < -0.4 is 10.6 Å². The lowest BCUT2D eigenvalue weighted by molar-refractivity contribution is -0.157. The number of amides is 2. The molecule has 13 nitrogen and oxygen atoms in total. The number of imidazole rings is 1. The third-order valence-corrected chi connectivity index (χ3v) is 6.97. The number of hydrogen-bond donors (Lipinski definition) is 3. The number of benzene rings is 1. The second kappa shape index (κ2) is 10.3. The first-order valence-electron chi connectivity index (χ1n) is 12.6. The highest BCUT2D eigenvalue weighted by Gasteiger charge is 2.54. The number of carbonyl (C=O) groups is 2. The molecule has 6 rings (SSSR count). The van der Waals surface area contributed by atoms with Crippen LogP contribution in [0.3, 0.4) is 0 Å². The van der Waals surface area contributed by atoms with Crippen LogP contribution in [0.5, 0.6) is 0 Å². The second-order valence-corrected chi connectivity index (χ2v) is 9.52. The summed E-state index contributed by atoms with van der Waals surface area (Å²) in [6.45, 7) is 2.85. The van der Waals surface area contributed by atoms with Crippen molar-refractivity contribution < 1.29 is 33.6 Å². The topological polar surface area (TPSA) is 159 Å². The van der Waals surface area contributed by atoms with Crippen LogP contribution in [0.4, 0.5) is 10.6 Å². The molecule has 3 N–H and O–H groups in total. The monoisotopic (exact) mass is 524 g/mol. The first kappa shape index (κ1) is 24.7. The van der Waals surface area contributed by atoms with E-state index in [2.05, 4.69) is 25.6 Å². The van der Waals surface area contributed by atoms with Crippen molar-refractivity contribution in [2.24, 2.45) is 11.8 Å². The number of nitrogens with one attached hydrogen (secondary N) is 2. The number of anilines is 1. The molecule has 1 aromatic carbocycles. The summed E-state index contributed by atoms with van der Waals surface area (Å²) < 4.78 is 26.7. The fourth-order valence-corrected chi connectivity index (χ4v) is 4.97. The molecule has 1 aliphatic carbocycles. The lowest BCUT2D eigenvalue weighted by atomic mass is 10.1. The Bertz CT molecular complexity index is 1320. The van der Waals surface area contributed by atoms with Crippen molar-refractivity contribution in [1.82, 2.24) is 24.8 Å². The molecular formula is C25H28N6O7. The van der Waals surface area contributed by atoms with Crippen molar-refractivity contribution in [2.45, 2.75) is 44.2 Å². The molecule has 3 aromatic rings. The van der Waals surface area contributed by atoms with Gasteiger partial charge in [0.1, 0.15) is 24.6 Å². The second-order valence-electron chi connectivity index (χ2n) is 9.52. The molecule has 6 unspecified atom stereocenters. The Balaban J connectivity index is 1.23. The van der Waals surface area contributed by atoms with Gasteiger partial charge in [0.2, 0.25) is 0 Å². The number of carbonyl (C=O) groups excluding carboxylic acids is 1. The Kier molecular flexibility index (Phi) is 6.66. The molecular weight excluding hydrogens is 496 g/mol. The molecule has 0 radical (unpaired) electrons. The molecule has 2 saturated heterocycles. The first-order valence-corrected chi connectivity index (χ1v) is 12.6. The summed E-state index contributed by atoms with van der Waals surface area (Å²) in [4.78, 5) is 36.2. The quantitative estimate of drug-likeness (QED) is 0.378. The van der Waals surface area contributed by atoms with Gasteiger partial charge in [0.15, 0.2) is 29.5 Å². The average Bonchev–Trinajstić information content (AvgIpc) is 3.21. The van der Waals surface area contributed by atoms with Gasteiger partial charge in [-0.1, -0.05) is 30.3 Å². The molecule has 4 heterocycles. The summed E-state index contributed by atoms with van der Waals surface area (Å²) in [7, 11) is 0. The number of ether oxygens (including phenoxy) is 4. The van der Waals surface area contributed by atoms with Crippen molar-refractivity contribution in [3.63, 3.8) is 0 Å². The number of aliphatic carboxylic acids is 1. The molecule has 13 heteroatoms. The molecule has 200 valence electrons. The van der Waals surface area contributed by atoms with Gasteiger partial charge in [0.25, 0.3) is 0 Å². The maximum absolute atomic E-state index is 12.1. The molecule has 0 spiro atoms. The zero-order valence-electron chi connectivity index (χ0n) is 20.6. The van der Waals surface area contributed by atoms with Gasteiger partial charge in [-0.15, -0.1) is 0 Å². The van der Waals surface area contributed by atoms with Gasteiger partial charge >= 0.3 is 12.0 Å². The summed E-state index contributed by atoms with van der Waals surface area (Å²) in [5, 5.41) is 14.5. The minimum atomic E-state index is -0.788. The highest BCUT2D eigenvalue weighted by molar-refractivity contribution is 5.95. The number of aromatic nitrogens is 4. The number of nitrogens with zero attached hydrogens (tertiary/aromatic N) is 4. The minimum Gasteiger partial charge on any atom is -0.481 e. The Morgan fingerprint density at radius 2 is 1.92 bits per heavy atom. The zero-order chi connectivity index (χ0) is 26.2. The summed E-state index contributed by atoms with van der Waals surface area (Å²) in [6, 6.07) is 9.24. The number of rotatable bonds is 9. The number of urea groups is 1. The standard InChI is InChI=1S/C25H28N6O7/c1-2-26-25(34)30-20-17-21(28-11-27-20)31(12-29-17)22-19-18(37-24(38-19)13-6-4-3-5-7-13)16(36-22)10-35-9-14-8-15(14)23(32)33/h3-7,11-12,14-16,18-19,22,24H,2,8-10H2,1H3,(H,32,33)(H2,26,27,28,30,34)/t14?,15?,16?,18?,19?,22?,24-/m1/s1. The van der Waals surface area contributed by atoms with E-state index in [9.17, 15) is 9.59 Å². The van der Waals surface area contributed by atoms with Gasteiger partial charge in [-0.2, -0.15) is 0 Å². The Labute approximate surface area is 217 Å². The smallest absolute Gasteiger partial charge is 0.320 e. The molecule has 2 aliphatic heterocycles. The molecule has 2 aromatic heterocycles. The molecule has 0 bridgehead atoms. The number of carboxylic acids is 1. The SMILES string of the molecule is CCNC(=O)Nc1ncnc2c1ncn2C1OC(COCC2CC2C(=O)O)C2O[C@@H](c3ccccc3)OC21. The van der Waals surface area contributed by atoms with Crippen molar-refractivity contribution in [3.8, 4) is 0 Å². The van der Waals surface area contributed by atoms with Crippen LogP contribution in [-0.4, -0.2) is 74.7 Å². The van der Waals surface area contributed by atoms with Crippen molar-refractivity contribution in [1.29, 1.82) is 0 Å². The number of carboxylic acid groups (broad SMARTS) is 1. The molecule has 38 heavy (non-hydrogen) atoms. The van der Waals surface area contributed by atoms with E-state index in [4.69, 9.17) is 24.1 Å². The highest BCUT2D eigenvalue weighted by atomic mass is 16.8. The third kappa shape index (κ3) is 4.69. The number of fused-ring (bicyclic) bond motifs is 2. The number of hydrogen-bond acceptors (Lipinski definition) is 9. The minimum absolute atomic E-state index is 0.0171. The van der Waals surface area contributed by atoms with Crippen molar-refractivity contribution in [3.05, 3.63) is 48.5 Å². The zero-order valence-corrected chi connectivity index (χ0v) is 20.6. The van der Waals surface area contributed by atoms with Crippen LogP contribution >= 0.6 is 0 Å². The van der Waals surface area contributed by atoms with E-state index in [1.165, 1.54) is 6.33 Å². The van der Waals surface area contributed by atoms with E-state index in [0.29, 0.717) is 30.7 Å². The third-order valence-electron chi connectivity index (χ3n) is 6.97. The predicted molar refractivity (Wildman–Crippen MR) is 131 cm³/mol. The largest absolute Gasteiger partial charge is 0.481 e. The van der Waals surface area contributed by atoms with Crippen LogP contribution in [-0.2, 0) is 23.7 Å². The Morgan fingerprint density at radius 1 is 1.11 bits per heavy atom.